The van der Waals surface area contributed by atoms with Crippen LogP contribution in [0.25, 0.3) is 0 Å². The molecule has 0 spiro atoms. The summed E-state index contributed by atoms with van der Waals surface area (Å²) in [5.74, 6) is -1.88. The number of anilines is 1. The Morgan fingerprint density at radius 3 is 2.53 bits per heavy atom. The number of nitrogens with zero attached hydrogens (tertiary/aromatic N) is 1. The van der Waals surface area contributed by atoms with Crippen LogP contribution in [0.5, 0.6) is 5.75 Å². The third-order valence-corrected chi connectivity index (χ3v) is 1.39. The Hall–Kier alpha value is -1.99. The quantitative estimate of drug-likeness (QED) is 0.767. The molecule has 0 bridgehead atoms. The molecule has 1 aromatic rings. The van der Waals surface area contributed by atoms with Crippen LogP contribution >= 0.6 is 0 Å². The molecule has 82 valence electrons. The summed E-state index contributed by atoms with van der Waals surface area (Å²) in [5, 5.41) is 0. The van der Waals surface area contributed by atoms with E-state index in [2.05, 4.69) is 9.72 Å². The minimum absolute atomic E-state index is 0.253. The van der Waals surface area contributed by atoms with E-state index in [1.165, 1.54) is 0 Å². The van der Waals surface area contributed by atoms with Crippen molar-refractivity contribution in [3.8, 4) is 5.75 Å². The van der Waals surface area contributed by atoms with E-state index in [0.717, 1.165) is 12.3 Å². The lowest BCUT2D eigenvalue weighted by Crippen LogP contribution is -2.19. The highest BCUT2D eigenvalue weighted by Gasteiger charge is 2.31. The molecule has 0 fully saturated rings. The number of carbonyl (C=O) groups excluding carboxylic acids is 1. The van der Waals surface area contributed by atoms with E-state index in [1.807, 2.05) is 0 Å². The molecule has 0 saturated carbocycles. The van der Waals surface area contributed by atoms with Crippen molar-refractivity contribution in [3.63, 3.8) is 0 Å². The van der Waals surface area contributed by atoms with Gasteiger partial charge < -0.3 is 16.2 Å². The summed E-state index contributed by atoms with van der Waals surface area (Å²) in [6.45, 7) is 0. The summed E-state index contributed by atoms with van der Waals surface area (Å²) in [6, 6.07) is 0.776. The molecule has 5 nitrogen and oxygen atoms in total. The molecule has 0 unspecified atom stereocenters. The van der Waals surface area contributed by atoms with Crippen molar-refractivity contribution in [1.82, 2.24) is 4.98 Å². The molecule has 0 aliphatic carbocycles. The monoisotopic (exact) mass is 221 g/mol. The van der Waals surface area contributed by atoms with Crippen molar-refractivity contribution < 1.29 is 22.7 Å². The predicted molar refractivity (Wildman–Crippen MR) is 43.9 cm³/mol. The number of aromatic nitrogens is 1. The van der Waals surface area contributed by atoms with Crippen LogP contribution in [-0.2, 0) is 0 Å². The van der Waals surface area contributed by atoms with Crippen LogP contribution in [0.3, 0.4) is 0 Å². The van der Waals surface area contributed by atoms with Gasteiger partial charge in [-0.1, -0.05) is 0 Å². The van der Waals surface area contributed by atoms with Gasteiger partial charge in [-0.15, -0.1) is 13.2 Å². The summed E-state index contributed by atoms with van der Waals surface area (Å²) in [5.41, 5.74) is 9.73. The SMILES string of the molecule is NC(=O)c1cc(OC(F)(F)F)cnc1N. The fourth-order valence-corrected chi connectivity index (χ4v) is 0.843. The summed E-state index contributed by atoms with van der Waals surface area (Å²) < 4.78 is 38.9. The zero-order valence-corrected chi connectivity index (χ0v) is 7.21. The van der Waals surface area contributed by atoms with Gasteiger partial charge in [0.25, 0.3) is 5.91 Å². The van der Waals surface area contributed by atoms with Crippen molar-refractivity contribution >= 4 is 11.7 Å². The summed E-state index contributed by atoms with van der Waals surface area (Å²) in [6.07, 6.45) is -4.11. The van der Waals surface area contributed by atoms with Crippen LogP contribution in [0, 0.1) is 0 Å². The lowest BCUT2D eigenvalue weighted by Gasteiger charge is -2.09. The Bertz CT molecular complexity index is 392. The van der Waals surface area contributed by atoms with E-state index in [-0.39, 0.29) is 11.4 Å². The number of pyridine rings is 1. The molecule has 1 aromatic heterocycles. The number of ether oxygens (including phenoxy) is 1. The maximum atomic E-state index is 11.8. The van der Waals surface area contributed by atoms with Crippen molar-refractivity contribution in [2.75, 3.05) is 5.73 Å². The number of nitrogens with two attached hydrogens (primary N) is 2. The number of carbonyl (C=O) groups is 1. The van der Waals surface area contributed by atoms with Gasteiger partial charge in [-0.25, -0.2) is 4.98 Å². The second-order valence-corrected chi connectivity index (χ2v) is 2.52. The van der Waals surface area contributed by atoms with Gasteiger partial charge in [-0.3, -0.25) is 4.79 Å². The molecule has 15 heavy (non-hydrogen) atoms. The Morgan fingerprint density at radius 1 is 1.47 bits per heavy atom. The highest BCUT2D eigenvalue weighted by molar-refractivity contribution is 5.97. The minimum Gasteiger partial charge on any atom is -0.404 e. The molecule has 1 rings (SSSR count). The molecule has 1 amide bonds. The smallest absolute Gasteiger partial charge is 0.404 e. The van der Waals surface area contributed by atoms with Crippen LogP contribution in [0.4, 0.5) is 19.0 Å². The van der Waals surface area contributed by atoms with Gasteiger partial charge >= 0.3 is 6.36 Å². The standard InChI is InChI=1S/C7H6F3N3O2/c8-7(9,10)15-3-1-4(6(12)14)5(11)13-2-3/h1-2H,(H2,11,13)(H2,12,14). The predicted octanol–water partition coefficient (Wildman–Crippen LogP) is 0.661. The average Bonchev–Trinajstić information content (AvgIpc) is 2.05. The van der Waals surface area contributed by atoms with E-state index in [9.17, 15) is 18.0 Å². The highest BCUT2D eigenvalue weighted by Crippen LogP contribution is 2.24. The third kappa shape index (κ3) is 3.01. The fraction of sp³-hybridized carbons (Fsp3) is 0.143. The van der Waals surface area contributed by atoms with Gasteiger partial charge in [0.1, 0.15) is 11.6 Å². The Labute approximate surface area is 81.8 Å². The van der Waals surface area contributed by atoms with E-state index in [4.69, 9.17) is 11.5 Å². The molecule has 1 heterocycles. The Balaban J connectivity index is 3.03. The van der Waals surface area contributed by atoms with Gasteiger partial charge in [0.2, 0.25) is 0 Å². The summed E-state index contributed by atoms with van der Waals surface area (Å²) in [4.78, 5) is 14.0. The average molecular weight is 221 g/mol. The molecule has 0 radical (unpaired) electrons. The second kappa shape index (κ2) is 3.64. The van der Waals surface area contributed by atoms with Crippen LogP contribution in [0.1, 0.15) is 10.4 Å². The van der Waals surface area contributed by atoms with E-state index < -0.39 is 18.0 Å². The molecule has 0 aromatic carbocycles. The zero-order chi connectivity index (χ0) is 11.6. The first kappa shape index (κ1) is 11.1. The first-order valence-electron chi connectivity index (χ1n) is 3.60. The minimum atomic E-state index is -4.85. The van der Waals surface area contributed by atoms with E-state index in [1.54, 1.807) is 0 Å². The number of nitrogen functional groups attached to an aromatic ring is 1. The molecule has 4 N–H and O–H groups in total. The van der Waals surface area contributed by atoms with Gasteiger partial charge in [0.05, 0.1) is 11.8 Å². The number of hydrogen-bond donors (Lipinski definition) is 2. The largest absolute Gasteiger partial charge is 0.573 e. The van der Waals surface area contributed by atoms with Gasteiger partial charge in [-0.05, 0) is 6.07 Å². The lowest BCUT2D eigenvalue weighted by atomic mass is 10.2. The van der Waals surface area contributed by atoms with Crippen molar-refractivity contribution in [1.29, 1.82) is 0 Å². The normalized spacial score (nSPS) is 11.1. The molecule has 0 aliphatic heterocycles. The topological polar surface area (TPSA) is 91.2 Å². The lowest BCUT2D eigenvalue weighted by molar-refractivity contribution is -0.274. The molecule has 8 heteroatoms. The van der Waals surface area contributed by atoms with Crippen LogP contribution in [0.15, 0.2) is 12.3 Å². The van der Waals surface area contributed by atoms with Crippen LogP contribution in [-0.4, -0.2) is 17.3 Å². The molecule has 0 saturated heterocycles. The van der Waals surface area contributed by atoms with E-state index in [0.29, 0.717) is 0 Å². The number of alkyl halides is 3. The number of amides is 1. The Kier molecular flexibility index (Phi) is 2.69. The maximum Gasteiger partial charge on any atom is 0.573 e. The maximum absolute atomic E-state index is 11.8. The Morgan fingerprint density at radius 2 is 2.07 bits per heavy atom. The van der Waals surface area contributed by atoms with Crippen LogP contribution < -0.4 is 16.2 Å². The van der Waals surface area contributed by atoms with Crippen LogP contribution in [0.2, 0.25) is 0 Å². The highest BCUT2D eigenvalue weighted by atomic mass is 19.4. The number of rotatable bonds is 2. The van der Waals surface area contributed by atoms with E-state index >= 15 is 0 Å². The molecular weight excluding hydrogens is 215 g/mol. The van der Waals surface area contributed by atoms with Gasteiger partial charge in [-0.2, -0.15) is 0 Å². The van der Waals surface area contributed by atoms with Crippen molar-refractivity contribution in [2.24, 2.45) is 5.73 Å². The third-order valence-electron chi connectivity index (χ3n) is 1.39. The molecule has 0 atom stereocenters. The first-order valence-corrected chi connectivity index (χ1v) is 3.60. The molecular formula is C7H6F3N3O2. The summed E-state index contributed by atoms with van der Waals surface area (Å²) >= 11 is 0. The van der Waals surface area contributed by atoms with Gasteiger partial charge in [0.15, 0.2) is 0 Å². The second-order valence-electron chi connectivity index (χ2n) is 2.52. The van der Waals surface area contributed by atoms with Gasteiger partial charge in [0, 0.05) is 0 Å². The number of hydrogen-bond acceptors (Lipinski definition) is 4. The first-order chi connectivity index (χ1) is 6.79. The zero-order valence-electron chi connectivity index (χ0n) is 7.21. The fourth-order valence-electron chi connectivity index (χ4n) is 0.843. The number of primary amides is 1. The summed E-state index contributed by atoms with van der Waals surface area (Å²) in [7, 11) is 0. The van der Waals surface area contributed by atoms with Crippen molar-refractivity contribution in [2.45, 2.75) is 6.36 Å². The van der Waals surface area contributed by atoms with Crippen molar-refractivity contribution in [3.05, 3.63) is 17.8 Å². The number of halogens is 3. The molecule has 0 aliphatic rings.